The number of aryl methyl sites for hydroxylation is 2. The molecule has 4 aromatic rings. The van der Waals surface area contributed by atoms with E-state index in [-0.39, 0.29) is 48.0 Å². The Hall–Kier alpha value is -1.68. The van der Waals surface area contributed by atoms with Gasteiger partial charge in [0.1, 0.15) is 13.1 Å². The average Bonchev–Trinajstić information content (AvgIpc) is 3.04. The van der Waals surface area contributed by atoms with E-state index in [9.17, 15) is 0 Å². The number of fused-ring (bicyclic) bond motifs is 4. The molecular weight excluding hydrogens is 766 g/mol. The zero-order chi connectivity index (χ0) is 28.7. The molecule has 238 valence electrons. The lowest BCUT2D eigenvalue weighted by Crippen LogP contribution is -3.00. The molecule has 4 N–H and O–H groups in total. The van der Waals surface area contributed by atoms with Crippen molar-refractivity contribution >= 4 is 33.2 Å². The Kier molecular flexibility index (Phi) is 13.8. The van der Waals surface area contributed by atoms with Gasteiger partial charge in [0.2, 0.25) is 11.0 Å². The van der Waals surface area contributed by atoms with Crippen molar-refractivity contribution in [1.82, 2.24) is 0 Å². The molecule has 2 aromatic carbocycles. The number of rotatable bonds is 13. The number of para-hydroxylation sites is 2. The maximum atomic E-state index is 6.63. The molecule has 0 bridgehead atoms. The number of unbranched alkanes of at least 4 members (excludes halogenated alkanes) is 9. The van der Waals surface area contributed by atoms with E-state index in [1.54, 1.807) is 0 Å². The molecule has 2 aliphatic carbocycles. The van der Waals surface area contributed by atoms with Gasteiger partial charge in [-0.3, -0.25) is 0 Å². The molecule has 4 nitrogen and oxygen atoms in total. The first kappa shape index (κ1) is 35.2. The fourth-order valence-electron chi connectivity index (χ4n) is 7.91. The molecule has 0 aliphatic heterocycles. The SMILES string of the molecule is Nc1c2c([n+](CCCCCCCCCCCC[n+]3c4c(c(N)c5ccccc53)CCCC4)c3ccccc13)CCCC2.[I-].[I-]. The summed E-state index contributed by atoms with van der Waals surface area (Å²) in [5.74, 6) is 0. The molecule has 0 atom stereocenters. The molecule has 0 radical (unpaired) electrons. The van der Waals surface area contributed by atoms with Crippen molar-refractivity contribution in [2.45, 2.75) is 129 Å². The minimum Gasteiger partial charge on any atom is -1.00 e. The van der Waals surface area contributed by atoms with E-state index < -0.39 is 0 Å². The van der Waals surface area contributed by atoms with Gasteiger partial charge in [-0.15, -0.1) is 0 Å². The Morgan fingerprint density at radius 2 is 0.795 bits per heavy atom. The molecule has 0 saturated carbocycles. The highest BCUT2D eigenvalue weighted by Crippen LogP contribution is 2.31. The van der Waals surface area contributed by atoms with E-state index >= 15 is 0 Å². The highest BCUT2D eigenvalue weighted by atomic mass is 127. The minimum absolute atomic E-state index is 0. The molecule has 0 unspecified atom stereocenters. The van der Waals surface area contributed by atoms with E-state index in [4.69, 9.17) is 11.5 Å². The number of halogens is 2. The molecule has 44 heavy (non-hydrogen) atoms. The molecule has 6 heteroatoms. The van der Waals surface area contributed by atoms with Gasteiger partial charge in [0, 0.05) is 48.9 Å². The van der Waals surface area contributed by atoms with Crippen LogP contribution in [0.3, 0.4) is 0 Å². The maximum Gasteiger partial charge on any atom is 0.214 e. The minimum atomic E-state index is 0. The van der Waals surface area contributed by atoms with Gasteiger partial charge in [-0.2, -0.15) is 9.13 Å². The predicted octanol–water partition coefficient (Wildman–Crippen LogP) is 2.10. The number of nitrogens with two attached hydrogens (primary N) is 2. The molecule has 0 saturated heterocycles. The average molecular weight is 819 g/mol. The molecule has 2 aliphatic rings. The second kappa shape index (κ2) is 17.3. The quantitative estimate of drug-likeness (QED) is 0.124. The van der Waals surface area contributed by atoms with Gasteiger partial charge < -0.3 is 59.4 Å². The van der Waals surface area contributed by atoms with Crippen LogP contribution in [0.2, 0.25) is 0 Å². The largest absolute Gasteiger partial charge is 1.00 e. The van der Waals surface area contributed by atoms with Crippen LogP contribution in [-0.2, 0) is 38.8 Å². The zero-order valence-electron chi connectivity index (χ0n) is 26.6. The van der Waals surface area contributed by atoms with E-state index in [0.29, 0.717) is 0 Å². The van der Waals surface area contributed by atoms with Crippen LogP contribution in [0.4, 0.5) is 11.4 Å². The summed E-state index contributed by atoms with van der Waals surface area (Å²) < 4.78 is 5.23. The number of anilines is 2. The topological polar surface area (TPSA) is 59.8 Å². The van der Waals surface area contributed by atoms with Gasteiger partial charge in [0.05, 0.1) is 22.1 Å². The summed E-state index contributed by atoms with van der Waals surface area (Å²) in [5, 5.41) is 2.50. The van der Waals surface area contributed by atoms with Gasteiger partial charge in [0.15, 0.2) is 11.4 Å². The number of aromatic nitrogens is 2. The first-order valence-corrected chi connectivity index (χ1v) is 17.2. The molecule has 0 spiro atoms. The smallest absolute Gasteiger partial charge is 0.214 e. The zero-order valence-corrected chi connectivity index (χ0v) is 30.9. The Balaban J connectivity index is 0.00000221. The predicted molar refractivity (Wildman–Crippen MR) is 177 cm³/mol. The van der Waals surface area contributed by atoms with E-state index in [0.717, 1.165) is 37.3 Å². The van der Waals surface area contributed by atoms with Gasteiger partial charge in [-0.05, 0) is 63.5 Å². The van der Waals surface area contributed by atoms with Gasteiger partial charge in [-0.1, -0.05) is 62.8 Å². The second-order valence-electron chi connectivity index (χ2n) is 13.0. The molecule has 0 fully saturated rings. The van der Waals surface area contributed by atoms with E-state index in [2.05, 4.69) is 57.7 Å². The van der Waals surface area contributed by atoms with Gasteiger partial charge in [0.25, 0.3) is 0 Å². The summed E-state index contributed by atoms with van der Waals surface area (Å²) in [5.41, 5.74) is 23.9. The van der Waals surface area contributed by atoms with Crippen molar-refractivity contribution in [2.75, 3.05) is 11.5 Å². The van der Waals surface area contributed by atoms with Crippen LogP contribution >= 0.6 is 0 Å². The van der Waals surface area contributed by atoms with Crippen molar-refractivity contribution in [3.8, 4) is 0 Å². The van der Waals surface area contributed by atoms with Crippen LogP contribution in [0.15, 0.2) is 48.5 Å². The number of benzene rings is 2. The second-order valence-corrected chi connectivity index (χ2v) is 13.0. The van der Waals surface area contributed by atoms with Crippen LogP contribution in [0.1, 0.15) is 112 Å². The molecule has 0 amide bonds. The summed E-state index contributed by atoms with van der Waals surface area (Å²) in [6, 6.07) is 17.6. The summed E-state index contributed by atoms with van der Waals surface area (Å²) >= 11 is 0. The van der Waals surface area contributed by atoms with Crippen LogP contribution < -0.4 is 68.6 Å². The van der Waals surface area contributed by atoms with Crippen LogP contribution in [0, 0.1) is 0 Å². The third-order valence-electron chi connectivity index (χ3n) is 10.2. The van der Waals surface area contributed by atoms with Crippen molar-refractivity contribution in [2.24, 2.45) is 0 Å². The monoisotopic (exact) mass is 818 g/mol. The lowest BCUT2D eigenvalue weighted by Gasteiger charge is -2.18. The first-order valence-electron chi connectivity index (χ1n) is 17.2. The van der Waals surface area contributed by atoms with Crippen LogP contribution in [0.5, 0.6) is 0 Å². The lowest BCUT2D eigenvalue weighted by molar-refractivity contribution is -0.680. The highest BCUT2D eigenvalue weighted by molar-refractivity contribution is 5.90. The summed E-state index contributed by atoms with van der Waals surface area (Å²) in [4.78, 5) is 0. The fraction of sp³-hybridized carbons (Fsp3) is 0.526. The molecule has 2 heterocycles. The summed E-state index contributed by atoms with van der Waals surface area (Å²) in [6.45, 7) is 2.27. The third kappa shape index (κ3) is 7.81. The normalized spacial score (nSPS) is 14.1. The van der Waals surface area contributed by atoms with Gasteiger partial charge >= 0.3 is 0 Å². The van der Waals surface area contributed by atoms with E-state index in [1.165, 1.54) is 147 Å². The number of nitrogen functional groups attached to an aromatic ring is 2. The Morgan fingerprint density at radius 3 is 1.20 bits per heavy atom. The van der Waals surface area contributed by atoms with Crippen LogP contribution in [-0.4, -0.2) is 0 Å². The molecule has 2 aromatic heterocycles. The van der Waals surface area contributed by atoms with E-state index in [1.807, 2.05) is 0 Å². The van der Waals surface area contributed by atoms with Crippen molar-refractivity contribution in [1.29, 1.82) is 0 Å². The Bertz CT molecular complexity index is 1420. The number of nitrogens with zero attached hydrogens (tertiary/aromatic N) is 2. The van der Waals surface area contributed by atoms with Crippen molar-refractivity contribution in [3.05, 3.63) is 71.0 Å². The number of pyridine rings is 2. The summed E-state index contributed by atoms with van der Waals surface area (Å²) in [7, 11) is 0. The summed E-state index contributed by atoms with van der Waals surface area (Å²) in [6.07, 6.45) is 23.3. The molecule has 6 rings (SSSR count). The Morgan fingerprint density at radius 1 is 0.455 bits per heavy atom. The van der Waals surface area contributed by atoms with Crippen molar-refractivity contribution in [3.63, 3.8) is 0 Å². The maximum absolute atomic E-state index is 6.63. The third-order valence-corrected chi connectivity index (χ3v) is 10.2. The van der Waals surface area contributed by atoms with Crippen molar-refractivity contribution < 1.29 is 57.1 Å². The molecular formula is C38H52I2N4. The number of hydrogen-bond donors (Lipinski definition) is 2. The van der Waals surface area contributed by atoms with Gasteiger partial charge in [-0.25, -0.2) is 0 Å². The van der Waals surface area contributed by atoms with Crippen LogP contribution in [0.25, 0.3) is 21.8 Å². The fourth-order valence-corrected chi connectivity index (χ4v) is 7.91. The highest BCUT2D eigenvalue weighted by Gasteiger charge is 2.27. The standard InChI is InChI=1S/C38H50N4.2HI/c39-37-29-19-9-13-23-33(29)41(34-24-14-10-20-30(34)37)27-17-7-5-3-1-2-4-6-8-18-28-42-35-25-15-11-21-31(35)38(40)32-22-12-16-26-36(32)42;;/h9,11,13,15,19,21,23,25,39-40H,1-8,10,12,14,16-18,20,22,24,26-28H2;2*1H. The first-order chi connectivity index (χ1) is 20.7. The lowest BCUT2D eigenvalue weighted by atomic mass is 9.92. The number of hydrogen-bond acceptors (Lipinski definition) is 2. The Labute approximate surface area is 299 Å².